The van der Waals surface area contributed by atoms with Crippen LogP contribution in [0.25, 0.3) is 22.0 Å². The summed E-state index contributed by atoms with van der Waals surface area (Å²) in [5, 5.41) is 0.930. The highest BCUT2D eigenvalue weighted by Crippen LogP contribution is 2.31. The van der Waals surface area contributed by atoms with Gasteiger partial charge in [-0.1, -0.05) is 48.0 Å². The molecule has 1 aromatic heterocycles. The Labute approximate surface area is 173 Å². The van der Waals surface area contributed by atoms with Gasteiger partial charge in [0, 0.05) is 12.7 Å². The molecular weight excluding hydrogens is 392 g/mol. The third kappa shape index (κ3) is 3.79. The number of nitrogens with one attached hydrogen (secondary N) is 1. The fourth-order valence-electron chi connectivity index (χ4n) is 3.34. The van der Waals surface area contributed by atoms with Gasteiger partial charge in [-0.3, -0.25) is 4.79 Å². The molecule has 0 aliphatic rings. The van der Waals surface area contributed by atoms with Crippen LogP contribution in [0.15, 0.2) is 53.3 Å². The highest BCUT2D eigenvalue weighted by molar-refractivity contribution is 7.84. The Kier molecular flexibility index (Phi) is 5.80. The molecule has 0 amide bonds. The summed E-state index contributed by atoms with van der Waals surface area (Å²) >= 11 is 6.39. The molecule has 0 aliphatic heterocycles. The molecule has 1 N–H and O–H groups in total. The van der Waals surface area contributed by atoms with Crippen LogP contribution < -0.4 is 10.2 Å². The molecule has 4 nitrogen and oxygen atoms in total. The lowest BCUT2D eigenvalue weighted by Crippen LogP contribution is -2.36. The summed E-state index contributed by atoms with van der Waals surface area (Å²) < 4.78 is 17.4. The molecule has 0 saturated heterocycles. The fraction of sp³-hybridized carbons (Fsp3) is 0.318. The van der Waals surface area contributed by atoms with E-state index < -0.39 is 15.7 Å². The Bertz CT molecular complexity index is 1100. The molecule has 2 aromatic carbocycles. The number of nitrogens with zero attached hydrogens (tertiary/aromatic N) is 1. The van der Waals surface area contributed by atoms with Crippen molar-refractivity contribution in [2.75, 3.05) is 0 Å². The second-order valence-corrected chi connectivity index (χ2v) is 10.3. The predicted octanol–water partition coefficient (Wildman–Crippen LogP) is 4.97. The Hall–Kier alpha value is -1.95. The van der Waals surface area contributed by atoms with E-state index in [-0.39, 0.29) is 11.5 Å². The molecule has 148 valence electrons. The first-order valence-electron chi connectivity index (χ1n) is 9.17. The van der Waals surface area contributed by atoms with Crippen molar-refractivity contribution in [2.24, 2.45) is 7.05 Å². The van der Waals surface area contributed by atoms with Gasteiger partial charge in [0.1, 0.15) is 0 Å². The number of hydrogen-bond donors (Lipinski definition) is 1. The summed E-state index contributed by atoms with van der Waals surface area (Å²) in [7, 11) is 0.638. The number of aromatic nitrogens is 1. The van der Waals surface area contributed by atoms with Crippen molar-refractivity contribution in [2.45, 2.75) is 38.5 Å². The average Bonchev–Trinajstić information content (AvgIpc) is 2.64. The van der Waals surface area contributed by atoms with Gasteiger partial charge in [0.05, 0.1) is 43.3 Å². The normalized spacial score (nSPS) is 14.2. The van der Waals surface area contributed by atoms with E-state index in [1.54, 1.807) is 6.07 Å². The van der Waals surface area contributed by atoms with Gasteiger partial charge in [-0.2, -0.15) is 0 Å². The molecule has 0 spiro atoms. The Morgan fingerprint density at radius 2 is 1.71 bits per heavy atom. The first-order valence-corrected chi connectivity index (χ1v) is 10.7. The predicted molar refractivity (Wildman–Crippen MR) is 119 cm³/mol. The van der Waals surface area contributed by atoms with Crippen LogP contribution in [0.5, 0.6) is 0 Å². The Morgan fingerprint density at radius 1 is 1.07 bits per heavy atom. The summed E-state index contributed by atoms with van der Waals surface area (Å²) in [6.45, 7) is 7.68. The molecular formula is C22H25ClN2O2S. The molecule has 0 fully saturated rings. The third-order valence-corrected chi connectivity index (χ3v) is 6.73. The van der Waals surface area contributed by atoms with Crippen molar-refractivity contribution in [1.82, 2.24) is 9.29 Å². The Balaban J connectivity index is 2.33. The van der Waals surface area contributed by atoms with Crippen LogP contribution in [-0.2, 0) is 18.0 Å². The van der Waals surface area contributed by atoms with E-state index >= 15 is 0 Å². The summed E-state index contributed by atoms with van der Waals surface area (Å²) in [5.74, 6) is 0. The minimum Gasteiger partial charge on any atom is -0.345 e. The SMILES string of the molecule is C[C@H](NS(=O)C(C)(C)C)c1c(-c2ccccc2)c(=O)c2c(Cl)cccc2n1C. The maximum atomic E-state index is 13.5. The van der Waals surface area contributed by atoms with Gasteiger partial charge in [0.15, 0.2) is 5.43 Å². The van der Waals surface area contributed by atoms with E-state index in [1.807, 2.05) is 81.8 Å². The van der Waals surface area contributed by atoms with E-state index in [1.165, 1.54) is 0 Å². The molecule has 1 unspecified atom stereocenters. The monoisotopic (exact) mass is 416 g/mol. The first kappa shape index (κ1) is 20.8. The second-order valence-electron chi connectivity index (χ2n) is 7.87. The summed E-state index contributed by atoms with van der Waals surface area (Å²) in [6.07, 6.45) is 0. The van der Waals surface area contributed by atoms with E-state index in [4.69, 9.17) is 11.6 Å². The minimum absolute atomic E-state index is 0.116. The number of aryl methyl sites for hydroxylation is 1. The maximum Gasteiger partial charge on any atom is 0.199 e. The van der Waals surface area contributed by atoms with Crippen molar-refractivity contribution in [1.29, 1.82) is 0 Å². The van der Waals surface area contributed by atoms with Crippen LogP contribution >= 0.6 is 11.6 Å². The number of benzene rings is 2. The van der Waals surface area contributed by atoms with Gasteiger partial charge in [-0.15, -0.1) is 0 Å². The Morgan fingerprint density at radius 3 is 2.32 bits per heavy atom. The largest absolute Gasteiger partial charge is 0.345 e. The number of rotatable bonds is 4. The molecule has 2 atom stereocenters. The van der Waals surface area contributed by atoms with Crippen LogP contribution in [0.3, 0.4) is 0 Å². The quantitative estimate of drug-likeness (QED) is 0.652. The topological polar surface area (TPSA) is 51.1 Å². The highest BCUT2D eigenvalue weighted by Gasteiger charge is 2.26. The second kappa shape index (κ2) is 7.82. The fourth-order valence-corrected chi connectivity index (χ4v) is 4.38. The highest BCUT2D eigenvalue weighted by atomic mass is 35.5. The average molecular weight is 417 g/mol. The van der Waals surface area contributed by atoms with Crippen LogP contribution in [0, 0.1) is 0 Å². The van der Waals surface area contributed by atoms with Gasteiger partial charge >= 0.3 is 0 Å². The van der Waals surface area contributed by atoms with Crippen LogP contribution in [-0.4, -0.2) is 13.5 Å². The summed E-state index contributed by atoms with van der Waals surface area (Å²) in [5.41, 5.74) is 2.81. The van der Waals surface area contributed by atoms with E-state index in [0.29, 0.717) is 16.0 Å². The van der Waals surface area contributed by atoms with E-state index in [9.17, 15) is 9.00 Å². The van der Waals surface area contributed by atoms with Gasteiger partial charge in [-0.05, 0) is 45.4 Å². The van der Waals surface area contributed by atoms with Crippen LogP contribution in [0.1, 0.15) is 39.4 Å². The minimum atomic E-state index is -1.28. The summed E-state index contributed by atoms with van der Waals surface area (Å²) in [6, 6.07) is 14.7. The molecule has 28 heavy (non-hydrogen) atoms. The zero-order valence-electron chi connectivity index (χ0n) is 16.7. The maximum absolute atomic E-state index is 13.5. The van der Waals surface area contributed by atoms with Gasteiger partial charge in [0.2, 0.25) is 0 Å². The molecule has 0 saturated carbocycles. The molecule has 0 aliphatic carbocycles. The lowest BCUT2D eigenvalue weighted by atomic mass is 9.97. The molecule has 3 rings (SSSR count). The summed E-state index contributed by atoms with van der Waals surface area (Å²) in [4.78, 5) is 13.5. The van der Waals surface area contributed by atoms with Crippen molar-refractivity contribution < 1.29 is 4.21 Å². The molecule has 0 bridgehead atoms. The molecule has 0 radical (unpaired) electrons. The number of fused-ring (bicyclic) bond motifs is 1. The molecule has 1 heterocycles. The van der Waals surface area contributed by atoms with E-state index in [0.717, 1.165) is 16.8 Å². The lowest BCUT2D eigenvalue weighted by molar-refractivity contribution is 0.603. The molecule has 3 aromatic rings. The van der Waals surface area contributed by atoms with Crippen molar-refractivity contribution in [3.8, 4) is 11.1 Å². The van der Waals surface area contributed by atoms with Crippen molar-refractivity contribution in [3.63, 3.8) is 0 Å². The third-order valence-electron chi connectivity index (χ3n) is 4.74. The lowest BCUT2D eigenvalue weighted by Gasteiger charge is -2.26. The van der Waals surface area contributed by atoms with Crippen molar-refractivity contribution >= 4 is 33.5 Å². The zero-order valence-corrected chi connectivity index (χ0v) is 18.3. The van der Waals surface area contributed by atoms with Crippen LogP contribution in [0.4, 0.5) is 0 Å². The first-order chi connectivity index (χ1) is 13.1. The number of halogens is 1. The number of pyridine rings is 1. The van der Waals surface area contributed by atoms with E-state index in [2.05, 4.69) is 4.72 Å². The zero-order chi connectivity index (χ0) is 20.6. The van der Waals surface area contributed by atoms with Crippen LogP contribution in [0.2, 0.25) is 5.02 Å². The molecule has 6 heteroatoms. The van der Waals surface area contributed by atoms with Gasteiger partial charge in [-0.25, -0.2) is 8.93 Å². The standard InChI is InChI=1S/C22H25ClN2O2S/c1-14(24-28(27)22(2,3)4)20-18(15-10-7-6-8-11-15)21(26)19-16(23)12-9-13-17(19)25(20)5/h6-14,24H,1-5H3/t14-,28?/m0/s1. The number of hydrogen-bond acceptors (Lipinski definition) is 2. The van der Waals surface area contributed by atoms with Gasteiger partial charge < -0.3 is 4.57 Å². The van der Waals surface area contributed by atoms with Crippen molar-refractivity contribution in [3.05, 3.63) is 69.5 Å². The smallest absolute Gasteiger partial charge is 0.199 e. The van der Waals surface area contributed by atoms with Gasteiger partial charge in [0.25, 0.3) is 0 Å².